The Kier molecular flexibility index (Phi) is 7.51. The average molecular weight is 588 g/mol. The SMILES string of the molecule is Cn1c(=O)n(CC(=O)Nc2ccc(F)cc2)c2cc(C(F)(F)F)cc(-c3cc(F)c(OCc4ncn[nH]4)c(CO)c3)c21. The number of alkyl halides is 3. The number of aliphatic hydroxyl groups excluding tert-OH is 1. The van der Waals surface area contributed by atoms with Crippen LogP contribution in [-0.4, -0.2) is 35.3 Å². The first-order valence-corrected chi connectivity index (χ1v) is 12.2. The van der Waals surface area contributed by atoms with Crippen LogP contribution in [0.5, 0.6) is 5.75 Å². The first-order valence-electron chi connectivity index (χ1n) is 12.2. The third kappa shape index (κ3) is 5.58. The van der Waals surface area contributed by atoms with Gasteiger partial charge in [-0.25, -0.2) is 18.6 Å². The van der Waals surface area contributed by atoms with E-state index in [0.29, 0.717) is 0 Å². The molecule has 0 aliphatic heterocycles. The first kappa shape index (κ1) is 28.5. The summed E-state index contributed by atoms with van der Waals surface area (Å²) in [5.74, 6) is -2.35. The quantitative estimate of drug-likeness (QED) is 0.234. The van der Waals surface area contributed by atoms with Crippen molar-refractivity contribution >= 4 is 22.6 Å². The second-order valence-corrected chi connectivity index (χ2v) is 9.20. The topological polar surface area (TPSA) is 127 Å². The molecule has 2 aromatic heterocycles. The van der Waals surface area contributed by atoms with E-state index in [1.807, 2.05) is 0 Å². The minimum absolute atomic E-state index is 0.0128. The zero-order valence-electron chi connectivity index (χ0n) is 21.7. The number of nitrogens with one attached hydrogen (secondary N) is 2. The summed E-state index contributed by atoms with van der Waals surface area (Å²) in [6.07, 6.45) is -3.65. The van der Waals surface area contributed by atoms with E-state index in [4.69, 9.17) is 4.74 Å². The molecular formula is C27H21F5N6O4. The molecule has 0 fully saturated rings. The van der Waals surface area contributed by atoms with Crippen LogP contribution in [0.15, 0.2) is 59.7 Å². The second kappa shape index (κ2) is 11.1. The summed E-state index contributed by atoms with van der Waals surface area (Å²) in [7, 11) is 1.30. The van der Waals surface area contributed by atoms with E-state index in [2.05, 4.69) is 20.5 Å². The number of benzene rings is 3. The van der Waals surface area contributed by atoms with Crippen LogP contribution in [0.3, 0.4) is 0 Å². The normalized spacial score (nSPS) is 11.7. The Morgan fingerprint density at radius 3 is 2.50 bits per heavy atom. The maximum absolute atomic E-state index is 15.3. The summed E-state index contributed by atoms with van der Waals surface area (Å²) in [6.45, 7) is -1.62. The van der Waals surface area contributed by atoms with Gasteiger partial charge in [-0.15, -0.1) is 0 Å². The second-order valence-electron chi connectivity index (χ2n) is 9.20. The van der Waals surface area contributed by atoms with Crippen molar-refractivity contribution in [3.05, 3.63) is 93.9 Å². The fraction of sp³-hybridized carbons (Fsp3) is 0.185. The minimum Gasteiger partial charge on any atom is -0.482 e. The van der Waals surface area contributed by atoms with Gasteiger partial charge in [0.2, 0.25) is 5.91 Å². The highest BCUT2D eigenvalue weighted by atomic mass is 19.4. The summed E-state index contributed by atoms with van der Waals surface area (Å²) in [5, 5.41) is 18.6. The third-order valence-corrected chi connectivity index (χ3v) is 6.41. The van der Waals surface area contributed by atoms with E-state index in [1.165, 1.54) is 31.6 Å². The van der Waals surface area contributed by atoms with E-state index in [1.54, 1.807) is 0 Å². The number of aliphatic hydroxyl groups is 1. The molecule has 0 spiro atoms. The predicted molar refractivity (Wildman–Crippen MR) is 139 cm³/mol. The average Bonchev–Trinajstić information content (AvgIpc) is 3.55. The van der Waals surface area contributed by atoms with Crippen LogP contribution in [0.1, 0.15) is 17.0 Å². The van der Waals surface area contributed by atoms with E-state index < -0.39 is 48.1 Å². The van der Waals surface area contributed by atoms with Crippen molar-refractivity contribution in [1.29, 1.82) is 0 Å². The number of fused-ring (bicyclic) bond motifs is 1. The number of imidazole rings is 1. The zero-order chi connectivity index (χ0) is 30.2. The molecule has 5 rings (SSSR count). The van der Waals surface area contributed by atoms with Gasteiger partial charge in [0, 0.05) is 23.9 Å². The maximum atomic E-state index is 15.3. The van der Waals surface area contributed by atoms with E-state index in [9.17, 15) is 32.3 Å². The molecule has 0 unspecified atom stereocenters. The Balaban J connectivity index is 1.61. The van der Waals surface area contributed by atoms with Gasteiger partial charge in [0.15, 0.2) is 17.4 Å². The number of amides is 1. The van der Waals surface area contributed by atoms with Crippen molar-refractivity contribution in [3.8, 4) is 16.9 Å². The van der Waals surface area contributed by atoms with Gasteiger partial charge >= 0.3 is 11.9 Å². The van der Waals surface area contributed by atoms with Gasteiger partial charge in [-0.05, 0) is 54.1 Å². The molecule has 3 aromatic carbocycles. The predicted octanol–water partition coefficient (Wildman–Crippen LogP) is 4.13. The van der Waals surface area contributed by atoms with Gasteiger partial charge in [-0.2, -0.15) is 18.3 Å². The molecule has 0 saturated heterocycles. The van der Waals surface area contributed by atoms with Gasteiger partial charge in [0.25, 0.3) is 0 Å². The summed E-state index contributed by atoms with van der Waals surface area (Å²) in [5.41, 5.74) is -2.33. The number of H-pyrrole nitrogens is 1. The molecule has 42 heavy (non-hydrogen) atoms. The van der Waals surface area contributed by atoms with Crippen molar-refractivity contribution in [2.75, 3.05) is 5.32 Å². The molecule has 10 nitrogen and oxygen atoms in total. The molecule has 15 heteroatoms. The molecule has 3 N–H and O–H groups in total. The summed E-state index contributed by atoms with van der Waals surface area (Å²) in [6, 6.07) is 8.43. The van der Waals surface area contributed by atoms with Crippen LogP contribution in [0.4, 0.5) is 27.6 Å². The summed E-state index contributed by atoms with van der Waals surface area (Å²) < 4.78 is 77.8. The molecule has 5 aromatic rings. The monoisotopic (exact) mass is 588 g/mol. The van der Waals surface area contributed by atoms with Crippen LogP contribution in [0.25, 0.3) is 22.2 Å². The number of halogens is 5. The van der Waals surface area contributed by atoms with Gasteiger partial charge in [0.1, 0.15) is 25.3 Å². The largest absolute Gasteiger partial charge is 0.482 e. The number of rotatable bonds is 8. The van der Waals surface area contributed by atoms with Gasteiger partial charge < -0.3 is 15.2 Å². The van der Waals surface area contributed by atoms with Crippen LogP contribution in [-0.2, 0) is 37.8 Å². The number of carbonyl (C=O) groups is 1. The van der Waals surface area contributed by atoms with E-state index in [-0.39, 0.29) is 51.6 Å². The molecular weight excluding hydrogens is 567 g/mol. The molecule has 0 atom stereocenters. The number of anilines is 1. The van der Waals surface area contributed by atoms with Crippen molar-refractivity contribution in [3.63, 3.8) is 0 Å². The lowest BCUT2D eigenvalue weighted by Gasteiger charge is -2.15. The number of ether oxygens (including phenoxy) is 1. The smallest absolute Gasteiger partial charge is 0.416 e. The highest BCUT2D eigenvalue weighted by molar-refractivity contribution is 5.96. The molecule has 2 heterocycles. The number of hydrogen-bond donors (Lipinski definition) is 3. The van der Waals surface area contributed by atoms with Gasteiger partial charge in [-0.1, -0.05) is 0 Å². The number of nitrogens with zero attached hydrogens (tertiary/aromatic N) is 4. The number of aryl methyl sites for hydroxylation is 1. The zero-order valence-corrected chi connectivity index (χ0v) is 21.7. The highest BCUT2D eigenvalue weighted by Crippen LogP contribution is 2.39. The Bertz CT molecular complexity index is 1830. The number of carbonyl (C=O) groups excluding carboxylic acids is 1. The Labute approximate surface area is 233 Å². The first-order chi connectivity index (χ1) is 20.0. The lowest BCUT2D eigenvalue weighted by molar-refractivity contribution is -0.137. The Morgan fingerprint density at radius 1 is 1.12 bits per heavy atom. The van der Waals surface area contributed by atoms with Crippen molar-refractivity contribution < 1.29 is 36.6 Å². The van der Waals surface area contributed by atoms with Gasteiger partial charge in [-0.3, -0.25) is 19.0 Å². The fourth-order valence-corrected chi connectivity index (χ4v) is 4.50. The summed E-state index contributed by atoms with van der Waals surface area (Å²) >= 11 is 0. The molecule has 0 radical (unpaired) electrons. The van der Waals surface area contributed by atoms with Crippen LogP contribution in [0, 0.1) is 11.6 Å². The molecule has 0 aliphatic carbocycles. The maximum Gasteiger partial charge on any atom is 0.416 e. The molecule has 0 bridgehead atoms. The molecule has 218 valence electrons. The standard InChI is InChI=1S/C27H21F5N6O4/c1-37-24-19(14-6-15(11-39)25(20(29)7-14)42-12-22-33-13-34-36-22)8-16(27(30,31)32)9-21(24)38(26(37)41)10-23(40)35-18-4-2-17(28)3-5-18/h2-9,13,39H,10-12H2,1H3,(H,35,40)(H,33,34,36). The summed E-state index contributed by atoms with van der Waals surface area (Å²) in [4.78, 5) is 29.8. The molecule has 1 amide bonds. The van der Waals surface area contributed by atoms with E-state index >= 15 is 4.39 Å². The van der Waals surface area contributed by atoms with Crippen LogP contribution < -0.4 is 15.7 Å². The molecule has 0 saturated carbocycles. The van der Waals surface area contributed by atoms with Crippen LogP contribution >= 0.6 is 0 Å². The van der Waals surface area contributed by atoms with Crippen molar-refractivity contribution in [2.45, 2.75) is 25.9 Å². The van der Waals surface area contributed by atoms with Crippen LogP contribution in [0.2, 0.25) is 0 Å². The van der Waals surface area contributed by atoms with Crippen molar-refractivity contribution in [2.24, 2.45) is 7.05 Å². The fourth-order valence-electron chi connectivity index (χ4n) is 4.50. The minimum atomic E-state index is -4.87. The number of hydrogen-bond acceptors (Lipinski definition) is 6. The third-order valence-electron chi connectivity index (χ3n) is 6.41. The highest BCUT2D eigenvalue weighted by Gasteiger charge is 2.33. The lowest BCUT2D eigenvalue weighted by Crippen LogP contribution is -2.28. The Hall–Kier alpha value is -5.05. The Morgan fingerprint density at radius 2 is 1.86 bits per heavy atom. The number of aromatic nitrogens is 5. The molecule has 0 aliphatic rings. The van der Waals surface area contributed by atoms with E-state index in [0.717, 1.165) is 39.5 Å². The number of aromatic amines is 1. The van der Waals surface area contributed by atoms with Crippen molar-refractivity contribution in [1.82, 2.24) is 24.3 Å². The van der Waals surface area contributed by atoms with Gasteiger partial charge in [0.05, 0.1) is 23.2 Å². The lowest BCUT2D eigenvalue weighted by atomic mass is 9.98.